The van der Waals surface area contributed by atoms with Crippen molar-refractivity contribution < 1.29 is 14.3 Å². The minimum atomic E-state index is -0.905. The molecule has 2 aromatic rings. The maximum atomic E-state index is 12.9. The Bertz CT molecular complexity index is 1010. The number of rotatable bonds is 0. The Kier molecular flexibility index (Phi) is 3.30. The predicted octanol–water partition coefficient (Wildman–Crippen LogP) is 3.26. The van der Waals surface area contributed by atoms with Crippen LogP contribution in [-0.4, -0.2) is 29.9 Å². The lowest BCUT2D eigenvalue weighted by Gasteiger charge is -2.39. The minimum Gasteiger partial charge on any atom is -0.443 e. The maximum absolute atomic E-state index is 12.9. The average Bonchev–Trinajstić information content (AvgIpc) is 3.40. The Balaban J connectivity index is 1.23. The quantitative estimate of drug-likeness (QED) is 0.710. The van der Waals surface area contributed by atoms with Gasteiger partial charge in [0.25, 0.3) is 11.9 Å². The molecule has 1 fully saturated rings. The van der Waals surface area contributed by atoms with Crippen molar-refractivity contribution in [3.63, 3.8) is 0 Å². The van der Waals surface area contributed by atoms with E-state index >= 15 is 0 Å². The highest BCUT2D eigenvalue weighted by atomic mass is 16.5. The fraction of sp³-hybridized carbons (Fsp3) is 0.391. The number of hydrogen-bond acceptors (Lipinski definition) is 4. The summed E-state index contributed by atoms with van der Waals surface area (Å²) in [6, 6.07) is 17.1. The zero-order valence-electron chi connectivity index (χ0n) is 15.7. The zero-order chi connectivity index (χ0) is 18.8. The van der Waals surface area contributed by atoms with Gasteiger partial charge in [0.05, 0.1) is 12.2 Å². The largest absolute Gasteiger partial charge is 0.443 e. The van der Waals surface area contributed by atoms with Gasteiger partial charge in [0.2, 0.25) is 5.60 Å². The average molecular weight is 374 g/mol. The van der Waals surface area contributed by atoms with Crippen LogP contribution in [0.1, 0.15) is 41.5 Å². The van der Waals surface area contributed by atoms with Gasteiger partial charge in [-0.25, -0.2) is 0 Å². The molecule has 0 aromatic heterocycles. The number of ether oxygens (including phenoxy) is 2. The highest BCUT2D eigenvalue weighted by Crippen LogP contribution is 2.47. The fourth-order valence-electron chi connectivity index (χ4n) is 5.30. The number of likely N-dealkylation sites (tertiary alicyclic amines) is 1. The summed E-state index contributed by atoms with van der Waals surface area (Å²) in [5.74, 6) is -0.157. The summed E-state index contributed by atoms with van der Waals surface area (Å²) in [5, 5.41) is 0. The number of hydrogen-bond donors (Lipinski definition) is 0. The number of aliphatic imine (C=N–C) groups is 1. The molecule has 6 rings (SSSR count). The molecule has 1 aliphatic carbocycles. The van der Waals surface area contributed by atoms with E-state index in [2.05, 4.69) is 40.2 Å². The maximum Gasteiger partial charge on any atom is 0.299 e. The second kappa shape index (κ2) is 5.67. The molecule has 3 aliphatic heterocycles. The van der Waals surface area contributed by atoms with Gasteiger partial charge in [0, 0.05) is 25.1 Å². The van der Waals surface area contributed by atoms with E-state index in [4.69, 9.17) is 9.47 Å². The molecule has 1 amide bonds. The second-order valence-electron chi connectivity index (χ2n) is 8.21. The number of carbonyl (C=O) groups is 1. The van der Waals surface area contributed by atoms with Crippen LogP contribution in [0.4, 0.5) is 0 Å². The first-order valence-electron chi connectivity index (χ1n) is 10.1. The van der Waals surface area contributed by atoms with Crippen LogP contribution in [0.25, 0.3) is 0 Å². The van der Waals surface area contributed by atoms with Crippen LogP contribution in [0.5, 0.6) is 0 Å². The van der Waals surface area contributed by atoms with Gasteiger partial charge in [-0.3, -0.25) is 4.79 Å². The van der Waals surface area contributed by atoms with E-state index < -0.39 is 5.60 Å². The van der Waals surface area contributed by atoms with Crippen LogP contribution in [0.3, 0.4) is 0 Å². The molecule has 0 N–H and O–H groups in total. The Hall–Kier alpha value is -2.66. The number of nitrogens with zero attached hydrogens (tertiary/aromatic N) is 2. The first-order valence-corrected chi connectivity index (χ1v) is 10.1. The Labute approximate surface area is 164 Å². The van der Waals surface area contributed by atoms with Crippen LogP contribution in [0.15, 0.2) is 53.5 Å². The van der Waals surface area contributed by atoms with Gasteiger partial charge in [0.15, 0.2) is 0 Å². The van der Waals surface area contributed by atoms with E-state index in [0.717, 1.165) is 37.9 Å². The van der Waals surface area contributed by atoms with Crippen molar-refractivity contribution in [2.45, 2.75) is 43.5 Å². The van der Waals surface area contributed by atoms with Crippen LogP contribution in [0, 0.1) is 0 Å². The number of amides is 1. The first kappa shape index (κ1) is 16.3. The molecule has 5 heteroatoms. The molecule has 142 valence electrons. The van der Waals surface area contributed by atoms with Gasteiger partial charge in [0.1, 0.15) is 0 Å². The van der Waals surface area contributed by atoms with Crippen LogP contribution in [-0.2, 0) is 38.5 Å². The third-order valence-electron chi connectivity index (χ3n) is 6.86. The van der Waals surface area contributed by atoms with Crippen LogP contribution >= 0.6 is 0 Å². The standard InChI is InChI=1S/C23H22N2O3/c26-20-23(10-9-16-5-1-4-8-19(16)23)28-21(24-20)25-13-11-22(12-14-25)18-7-3-2-6-17(18)15-27-22/h1-8H,9-15H2. The van der Waals surface area contributed by atoms with E-state index in [1.54, 1.807) is 0 Å². The smallest absolute Gasteiger partial charge is 0.299 e. The van der Waals surface area contributed by atoms with E-state index in [1.807, 2.05) is 18.2 Å². The van der Waals surface area contributed by atoms with Crippen molar-refractivity contribution in [2.24, 2.45) is 4.99 Å². The Morgan fingerprint density at radius 1 is 0.893 bits per heavy atom. The van der Waals surface area contributed by atoms with Crippen molar-refractivity contribution in [1.82, 2.24) is 4.90 Å². The van der Waals surface area contributed by atoms with Crippen molar-refractivity contribution in [3.8, 4) is 0 Å². The zero-order valence-corrected chi connectivity index (χ0v) is 15.7. The van der Waals surface area contributed by atoms with E-state index in [-0.39, 0.29) is 11.5 Å². The molecule has 1 unspecified atom stereocenters. The Morgan fingerprint density at radius 2 is 1.61 bits per heavy atom. The molecule has 5 nitrogen and oxygen atoms in total. The normalized spacial score (nSPS) is 27.1. The van der Waals surface area contributed by atoms with Gasteiger partial charge >= 0.3 is 0 Å². The summed E-state index contributed by atoms with van der Waals surface area (Å²) < 4.78 is 12.5. The summed E-state index contributed by atoms with van der Waals surface area (Å²) in [4.78, 5) is 19.3. The van der Waals surface area contributed by atoms with Crippen LogP contribution in [0.2, 0.25) is 0 Å². The summed E-state index contributed by atoms with van der Waals surface area (Å²) >= 11 is 0. The van der Waals surface area contributed by atoms with Gasteiger partial charge in [-0.2, -0.15) is 4.99 Å². The third-order valence-corrected chi connectivity index (χ3v) is 6.86. The Morgan fingerprint density at radius 3 is 2.43 bits per heavy atom. The SMILES string of the molecule is O=C1N=C(N2CCC3(CC2)OCc2ccccc23)OC12CCc1ccccc12. The molecule has 28 heavy (non-hydrogen) atoms. The molecule has 0 saturated carbocycles. The molecular weight excluding hydrogens is 352 g/mol. The topological polar surface area (TPSA) is 51.1 Å². The molecule has 4 aliphatic rings. The monoisotopic (exact) mass is 374 g/mol. The van der Waals surface area contributed by atoms with E-state index in [1.165, 1.54) is 16.7 Å². The summed E-state index contributed by atoms with van der Waals surface area (Å²) in [7, 11) is 0. The third kappa shape index (κ3) is 2.11. The lowest BCUT2D eigenvalue weighted by Crippen LogP contribution is -2.46. The van der Waals surface area contributed by atoms with Crippen molar-refractivity contribution in [1.29, 1.82) is 0 Å². The van der Waals surface area contributed by atoms with Crippen molar-refractivity contribution >= 4 is 11.9 Å². The molecule has 1 saturated heterocycles. The molecule has 2 aromatic carbocycles. The molecule has 0 radical (unpaired) electrons. The highest BCUT2D eigenvalue weighted by molar-refractivity contribution is 6.02. The second-order valence-corrected chi connectivity index (χ2v) is 8.21. The molecule has 1 atom stereocenters. The van der Waals surface area contributed by atoms with Gasteiger partial charge in [-0.1, -0.05) is 48.5 Å². The molecule has 3 heterocycles. The number of carbonyl (C=O) groups excluding carboxylic acids is 1. The summed E-state index contributed by atoms with van der Waals surface area (Å²) in [5.41, 5.74) is 3.69. The van der Waals surface area contributed by atoms with Gasteiger partial charge in [-0.05, 0) is 36.0 Å². The number of benzene rings is 2. The summed E-state index contributed by atoms with van der Waals surface area (Å²) in [6.07, 6.45) is 3.29. The van der Waals surface area contributed by atoms with Crippen molar-refractivity contribution in [3.05, 3.63) is 70.8 Å². The number of piperidine rings is 1. The molecule has 0 bridgehead atoms. The first-order chi connectivity index (χ1) is 13.7. The highest BCUT2D eigenvalue weighted by Gasteiger charge is 2.54. The van der Waals surface area contributed by atoms with Crippen LogP contribution < -0.4 is 0 Å². The van der Waals surface area contributed by atoms with Gasteiger partial charge in [-0.15, -0.1) is 0 Å². The van der Waals surface area contributed by atoms with Gasteiger partial charge < -0.3 is 14.4 Å². The number of amidine groups is 1. The molecular formula is C23H22N2O3. The minimum absolute atomic E-state index is 0.157. The van der Waals surface area contributed by atoms with E-state index in [9.17, 15) is 4.79 Å². The number of aryl methyl sites for hydroxylation is 1. The lowest BCUT2D eigenvalue weighted by atomic mass is 9.84. The number of fused-ring (bicyclic) bond motifs is 4. The van der Waals surface area contributed by atoms with Crippen molar-refractivity contribution in [2.75, 3.05) is 13.1 Å². The fourth-order valence-corrected chi connectivity index (χ4v) is 5.30. The van der Waals surface area contributed by atoms with E-state index in [0.29, 0.717) is 19.0 Å². The summed E-state index contributed by atoms with van der Waals surface area (Å²) in [6.45, 7) is 2.24. The predicted molar refractivity (Wildman–Crippen MR) is 104 cm³/mol. The lowest BCUT2D eigenvalue weighted by molar-refractivity contribution is -0.132. The molecule has 2 spiro atoms.